The number of nitrogen functional groups attached to an aromatic ring is 1. The van der Waals surface area contributed by atoms with Crippen molar-refractivity contribution in [2.45, 2.75) is 13.3 Å². The molecule has 5 nitrogen and oxygen atoms in total. The molecule has 0 atom stereocenters. The van der Waals surface area contributed by atoms with Crippen molar-refractivity contribution in [3.8, 4) is 11.5 Å². The fourth-order valence-electron chi connectivity index (χ4n) is 1.75. The number of aromatic nitrogens is 1. The van der Waals surface area contributed by atoms with Crippen molar-refractivity contribution in [2.24, 2.45) is 0 Å². The van der Waals surface area contributed by atoms with Gasteiger partial charge in [0.15, 0.2) is 11.6 Å². The van der Waals surface area contributed by atoms with Gasteiger partial charge >= 0.3 is 0 Å². The lowest BCUT2D eigenvalue weighted by molar-refractivity contribution is 0.316. The average molecular weight is 287 g/mol. The molecule has 0 aliphatic carbocycles. The molecule has 0 saturated heterocycles. The minimum Gasteiger partial charge on any atom is -0.492 e. The van der Waals surface area contributed by atoms with Crippen LogP contribution in [-0.4, -0.2) is 24.7 Å². The Labute approximate surface area is 125 Å². The van der Waals surface area contributed by atoms with Gasteiger partial charge in [0.2, 0.25) is 0 Å². The van der Waals surface area contributed by atoms with E-state index in [4.69, 9.17) is 15.2 Å². The molecule has 112 valence electrons. The van der Waals surface area contributed by atoms with Gasteiger partial charge in [-0.1, -0.05) is 6.92 Å². The summed E-state index contributed by atoms with van der Waals surface area (Å²) in [6, 6.07) is 11.1. The van der Waals surface area contributed by atoms with Gasteiger partial charge in [-0.25, -0.2) is 4.98 Å². The van der Waals surface area contributed by atoms with Crippen LogP contribution >= 0.6 is 0 Å². The molecule has 5 heteroatoms. The number of anilines is 2. The van der Waals surface area contributed by atoms with E-state index in [0.717, 1.165) is 29.4 Å². The van der Waals surface area contributed by atoms with Crippen LogP contribution in [0.3, 0.4) is 0 Å². The van der Waals surface area contributed by atoms with Crippen molar-refractivity contribution in [1.29, 1.82) is 0 Å². The molecule has 1 aromatic heterocycles. The van der Waals surface area contributed by atoms with Crippen LogP contribution in [0.5, 0.6) is 11.5 Å². The maximum atomic E-state index is 5.64. The number of nitrogens with two attached hydrogens (primary N) is 1. The summed E-state index contributed by atoms with van der Waals surface area (Å²) in [6.07, 6.45) is 2.70. The maximum Gasteiger partial charge on any atom is 0.168 e. The van der Waals surface area contributed by atoms with E-state index in [1.807, 2.05) is 36.4 Å². The van der Waals surface area contributed by atoms with E-state index in [-0.39, 0.29) is 0 Å². The summed E-state index contributed by atoms with van der Waals surface area (Å²) in [5.41, 5.74) is 6.35. The summed E-state index contributed by atoms with van der Waals surface area (Å²) in [7, 11) is 0. The van der Waals surface area contributed by atoms with Gasteiger partial charge in [0, 0.05) is 11.9 Å². The van der Waals surface area contributed by atoms with Crippen molar-refractivity contribution in [3.63, 3.8) is 0 Å². The monoisotopic (exact) mass is 287 g/mol. The average Bonchev–Trinajstić information content (AvgIpc) is 2.52. The van der Waals surface area contributed by atoms with E-state index < -0.39 is 0 Å². The van der Waals surface area contributed by atoms with Gasteiger partial charge in [0.05, 0.1) is 13.2 Å². The van der Waals surface area contributed by atoms with E-state index in [2.05, 4.69) is 17.2 Å². The third kappa shape index (κ3) is 4.87. The Morgan fingerprint density at radius 1 is 1.10 bits per heavy atom. The van der Waals surface area contributed by atoms with Crippen molar-refractivity contribution in [1.82, 2.24) is 4.98 Å². The lowest BCUT2D eigenvalue weighted by atomic mass is 10.3. The Morgan fingerprint density at radius 3 is 2.67 bits per heavy atom. The first kappa shape index (κ1) is 15.0. The number of nitrogens with one attached hydrogen (secondary N) is 1. The molecule has 0 spiro atoms. The molecule has 0 aliphatic heterocycles. The number of nitrogens with zero attached hydrogens (tertiary/aromatic N) is 1. The first-order valence-electron chi connectivity index (χ1n) is 7.09. The zero-order valence-corrected chi connectivity index (χ0v) is 12.2. The van der Waals surface area contributed by atoms with Gasteiger partial charge in [-0.2, -0.15) is 0 Å². The largest absolute Gasteiger partial charge is 0.492 e. The molecular weight excluding hydrogens is 266 g/mol. The Balaban J connectivity index is 1.79. The smallest absolute Gasteiger partial charge is 0.168 e. The predicted octanol–water partition coefficient (Wildman–Crippen LogP) is 2.94. The normalized spacial score (nSPS) is 10.1. The number of pyridine rings is 1. The molecule has 0 aliphatic rings. The van der Waals surface area contributed by atoms with E-state index in [9.17, 15) is 0 Å². The zero-order chi connectivity index (χ0) is 14.9. The fourth-order valence-corrected chi connectivity index (χ4v) is 1.75. The van der Waals surface area contributed by atoms with Crippen LogP contribution in [0.1, 0.15) is 13.3 Å². The second-order valence-electron chi connectivity index (χ2n) is 4.54. The van der Waals surface area contributed by atoms with Gasteiger partial charge in [-0.05, 0) is 42.8 Å². The molecule has 0 saturated carbocycles. The number of benzene rings is 1. The van der Waals surface area contributed by atoms with Gasteiger partial charge in [0.25, 0.3) is 0 Å². The Kier molecular flexibility index (Phi) is 5.70. The quantitative estimate of drug-likeness (QED) is 0.577. The van der Waals surface area contributed by atoms with E-state index in [1.54, 1.807) is 6.20 Å². The zero-order valence-electron chi connectivity index (χ0n) is 12.2. The first-order chi connectivity index (χ1) is 10.3. The molecule has 1 aromatic carbocycles. The molecule has 0 amide bonds. The highest BCUT2D eigenvalue weighted by molar-refractivity contribution is 5.49. The highest BCUT2D eigenvalue weighted by Crippen LogP contribution is 2.20. The van der Waals surface area contributed by atoms with E-state index >= 15 is 0 Å². The molecule has 0 radical (unpaired) electrons. The third-order valence-electron chi connectivity index (χ3n) is 2.78. The van der Waals surface area contributed by atoms with Gasteiger partial charge < -0.3 is 20.5 Å². The first-order valence-corrected chi connectivity index (χ1v) is 7.09. The van der Waals surface area contributed by atoms with Crippen molar-refractivity contribution < 1.29 is 9.47 Å². The maximum absolute atomic E-state index is 5.64. The molecule has 1 heterocycles. The van der Waals surface area contributed by atoms with Crippen LogP contribution in [0.2, 0.25) is 0 Å². The minimum absolute atomic E-state index is 0.535. The SMILES string of the molecule is CCCOc1cccnc1NCCOc1ccc(N)cc1. The lowest BCUT2D eigenvalue weighted by Gasteiger charge is -2.12. The molecule has 21 heavy (non-hydrogen) atoms. The van der Waals surface area contributed by atoms with Crippen LogP contribution in [0, 0.1) is 0 Å². The molecule has 0 bridgehead atoms. The van der Waals surface area contributed by atoms with Crippen LogP contribution < -0.4 is 20.5 Å². The highest BCUT2D eigenvalue weighted by Gasteiger charge is 2.03. The Bertz CT molecular complexity index is 543. The van der Waals surface area contributed by atoms with Crippen molar-refractivity contribution in [2.75, 3.05) is 30.8 Å². The van der Waals surface area contributed by atoms with E-state index in [1.165, 1.54) is 0 Å². The molecule has 3 N–H and O–H groups in total. The topological polar surface area (TPSA) is 69.4 Å². The minimum atomic E-state index is 0.535. The van der Waals surface area contributed by atoms with Crippen LogP contribution in [-0.2, 0) is 0 Å². The van der Waals surface area contributed by atoms with E-state index in [0.29, 0.717) is 19.8 Å². The summed E-state index contributed by atoms with van der Waals surface area (Å²) in [4.78, 5) is 4.28. The number of hydrogen-bond acceptors (Lipinski definition) is 5. The lowest BCUT2D eigenvalue weighted by Crippen LogP contribution is -2.13. The van der Waals surface area contributed by atoms with Gasteiger partial charge in [-0.3, -0.25) is 0 Å². The second-order valence-corrected chi connectivity index (χ2v) is 4.54. The third-order valence-corrected chi connectivity index (χ3v) is 2.78. The Morgan fingerprint density at radius 2 is 1.90 bits per heavy atom. The number of ether oxygens (including phenoxy) is 2. The predicted molar refractivity (Wildman–Crippen MR) is 84.9 cm³/mol. The summed E-state index contributed by atoms with van der Waals surface area (Å²) in [6.45, 7) is 3.93. The Hall–Kier alpha value is -2.43. The molecule has 2 rings (SSSR count). The molecular formula is C16H21N3O2. The summed E-state index contributed by atoms with van der Waals surface area (Å²) >= 11 is 0. The van der Waals surface area contributed by atoms with Crippen LogP contribution in [0.15, 0.2) is 42.6 Å². The molecule has 0 unspecified atom stereocenters. The van der Waals surface area contributed by atoms with Crippen LogP contribution in [0.25, 0.3) is 0 Å². The van der Waals surface area contributed by atoms with Crippen molar-refractivity contribution in [3.05, 3.63) is 42.6 Å². The second kappa shape index (κ2) is 7.99. The van der Waals surface area contributed by atoms with Crippen molar-refractivity contribution >= 4 is 11.5 Å². The number of hydrogen-bond donors (Lipinski definition) is 2. The van der Waals surface area contributed by atoms with Gasteiger partial charge in [0.1, 0.15) is 12.4 Å². The standard InChI is InChI=1S/C16H21N3O2/c1-2-11-21-15-4-3-9-18-16(15)19-10-12-20-14-7-5-13(17)6-8-14/h3-9H,2,10-12,17H2,1H3,(H,18,19). The van der Waals surface area contributed by atoms with Crippen LogP contribution in [0.4, 0.5) is 11.5 Å². The summed E-state index contributed by atoms with van der Waals surface area (Å²) in [5.74, 6) is 2.31. The van der Waals surface area contributed by atoms with Gasteiger partial charge in [-0.15, -0.1) is 0 Å². The summed E-state index contributed by atoms with van der Waals surface area (Å²) < 4.78 is 11.3. The fraction of sp³-hybridized carbons (Fsp3) is 0.312. The number of rotatable bonds is 8. The highest BCUT2D eigenvalue weighted by atomic mass is 16.5. The summed E-state index contributed by atoms with van der Waals surface area (Å²) in [5, 5.41) is 3.22. The molecule has 0 fully saturated rings. The molecule has 2 aromatic rings.